The van der Waals surface area contributed by atoms with Gasteiger partial charge in [0.2, 0.25) is 10.9 Å². The largest absolute Gasteiger partial charge is 0.261 e. The molecular formula is C11H16N2O2S. The van der Waals surface area contributed by atoms with Crippen LogP contribution in [-0.2, 0) is 10.9 Å². The van der Waals surface area contributed by atoms with Crippen LogP contribution >= 0.6 is 0 Å². The monoisotopic (exact) mass is 240 g/mol. The Morgan fingerprint density at radius 2 is 2.06 bits per heavy atom. The summed E-state index contributed by atoms with van der Waals surface area (Å²) in [6.45, 7) is 3.31. The normalized spacial score (nSPS) is 19.1. The van der Waals surface area contributed by atoms with Crippen LogP contribution in [0.2, 0.25) is 0 Å². The second-order valence-corrected chi connectivity index (χ2v) is 5.21. The van der Waals surface area contributed by atoms with Crippen LogP contribution in [0.3, 0.4) is 0 Å². The lowest BCUT2D eigenvalue weighted by atomic mass is 9.92. The molecule has 0 aromatic carbocycles. The average molecular weight is 240 g/mol. The molecule has 16 heavy (non-hydrogen) atoms. The van der Waals surface area contributed by atoms with Crippen LogP contribution in [0.15, 0.2) is 18.3 Å². The third-order valence-corrected chi connectivity index (χ3v) is 4.00. The molecule has 0 atom stereocenters. The summed E-state index contributed by atoms with van der Waals surface area (Å²) in [4.78, 5) is 4.40. The number of aromatic nitrogens is 1. The number of hydrogen-bond acceptors (Lipinski definition) is 3. The Hall–Kier alpha value is -0.940. The highest BCUT2D eigenvalue weighted by Crippen LogP contribution is 2.28. The van der Waals surface area contributed by atoms with Crippen molar-refractivity contribution < 1.29 is 8.42 Å². The van der Waals surface area contributed by atoms with Gasteiger partial charge < -0.3 is 0 Å². The summed E-state index contributed by atoms with van der Waals surface area (Å²) in [7, 11) is -2.40. The number of aryl methyl sites for hydroxylation is 1. The van der Waals surface area contributed by atoms with Crippen molar-refractivity contribution in [3.63, 3.8) is 0 Å². The van der Waals surface area contributed by atoms with Crippen molar-refractivity contribution in [2.24, 2.45) is 0 Å². The molecular weight excluding hydrogens is 224 g/mol. The molecule has 88 valence electrons. The van der Waals surface area contributed by atoms with E-state index in [9.17, 15) is 8.42 Å². The van der Waals surface area contributed by atoms with Crippen LogP contribution in [0, 0.1) is 6.92 Å². The molecule has 1 aliphatic rings. The smallest absolute Gasteiger partial charge is 0.203 e. The summed E-state index contributed by atoms with van der Waals surface area (Å²) in [5.41, 5.74) is 2.33. The highest BCUT2D eigenvalue weighted by atomic mass is 32.2. The first kappa shape index (κ1) is 11.5. The summed E-state index contributed by atoms with van der Waals surface area (Å²) in [6, 6.07) is 3.99. The fraction of sp³-hybridized carbons (Fsp3) is 0.545. The van der Waals surface area contributed by atoms with E-state index in [4.69, 9.17) is 0 Å². The van der Waals surface area contributed by atoms with E-state index in [2.05, 4.69) is 18.0 Å². The van der Waals surface area contributed by atoms with Gasteiger partial charge in [-0.15, -0.1) is 0 Å². The number of rotatable bonds is 2. The Bertz CT molecular complexity index is 429. The SMILES string of the molecule is Cc1cccnc1C1CCN([SH](=O)=O)CC1. The van der Waals surface area contributed by atoms with Gasteiger partial charge in [0, 0.05) is 30.9 Å². The molecule has 0 amide bonds. The predicted octanol–water partition coefficient (Wildman–Crippen LogP) is 1.10. The molecule has 4 nitrogen and oxygen atoms in total. The number of pyridine rings is 1. The van der Waals surface area contributed by atoms with Gasteiger partial charge in [-0.05, 0) is 31.4 Å². The molecule has 1 aliphatic heterocycles. The lowest BCUT2D eigenvalue weighted by molar-refractivity contribution is 0.324. The topological polar surface area (TPSA) is 50.3 Å². The maximum Gasteiger partial charge on any atom is 0.203 e. The van der Waals surface area contributed by atoms with Crippen molar-refractivity contribution in [3.8, 4) is 0 Å². The van der Waals surface area contributed by atoms with Crippen molar-refractivity contribution in [2.45, 2.75) is 25.7 Å². The van der Waals surface area contributed by atoms with Crippen LogP contribution in [0.25, 0.3) is 0 Å². The van der Waals surface area contributed by atoms with E-state index in [0.29, 0.717) is 19.0 Å². The molecule has 0 bridgehead atoms. The summed E-state index contributed by atoms with van der Waals surface area (Å²) < 4.78 is 23.1. The van der Waals surface area contributed by atoms with Gasteiger partial charge in [0.05, 0.1) is 0 Å². The van der Waals surface area contributed by atoms with Crippen molar-refractivity contribution in [3.05, 3.63) is 29.6 Å². The lowest BCUT2D eigenvalue weighted by Gasteiger charge is -2.28. The number of hydrogen-bond donors (Lipinski definition) is 1. The minimum absolute atomic E-state index is 0.410. The Kier molecular flexibility index (Phi) is 3.56. The number of piperidine rings is 1. The molecule has 2 rings (SSSR count). The molecule has 1 aromatic heterocycles. The molecule has 0 spiro atoms. The second-order valence-electron chi connectivity index (χ2n) is 4.17. The summed E-state index contributed by atoms with van der Waals surface area (Å²) >= 11 is 0. The molecule has 0 aliphatic carbocycles. The fourth-order valence-corrected chi connectivity index (χ4v) is 2.79. The van der Waals surface area contributed by atoms with Gasteiger partial charge in [0.15, 0.2) is 0 Å². The van der Waals surface area contributed by atoms with Gasteiger partial charge in [0.25, 0.3) is 0 Å². The lowest BCUT2D eigenvalue weighted by Crippen LogP contribution is -2.32. The predicted molar refractivity (Wildman–Crippen MR) is 62.8 cm³/mol. The molecule has 1 aromatic rings. The molecule has 0 saturated carbocycles. The van der Waals surface area contributed by atoms with E-state index in [0.717, 1.165) is 18.5 Å². The van der Waals surface area contributed by atoms with Crippen molar-refractivity contribution in [1.29, 1.82) is 0 Å². The Labute approximate surface area is 97.4 Å². The maximum atomic E-state index is 10.8. The minimum Gasteiger partial charge on any atom is -0.261 e. The summed E-state index contributed by atoms with van der Waals surface area (Å²) in [6.07, 6.45) is 3.56. The zero-order valence-corrected chi connectivity index (χ0v) is 10.2. The van der Waals surface area contributed by atoms with Crippen LogP contribution in [0.4, 0.5) is 0 Å². The van der Waals surface area contributed by atoms with E-state index in [1.807, 2.05) is 12.3 Å². The van der Waals surface area contributed by atoms with E-state index >= 15 is 0 Å². The van der Waals surface area contributed by atoms with Crippen LogP contribution < -0.4 is 0 Å². The van der Waals surface area contributed by atoms with Gasteiger partial charge in [-0.1, -0.05) is 6.07 Å². The van der Waals surface area contributed by atoms with Gasteiger partial charge in [-0.3, -0.25) is 4.98 Å². The number of thiol groups is 1. The first-order chi connectivity index (χ1) is 7.68. The second kappa shape index (κ2) is 4.93. The third kappa shape index (κ3) is 2.41. The molecule has 0 N–H and O–H groups in total. The molecule has 2 heterocycles. The third-order valence-electron chi connectivity index (χ3n) is 3.14. The molecule has 0 radical (unpaired) electrons. The first-order valence-corrected chi connectivity index (χ1v) is 6.62. The Morgan fingerprint density at radius 3 is 2.62 bits per heavy atom. The first-order valence-electron chi connectivity index (χ1n) is 5.49. The zero-order chi connectivity index (χ0) is 11.5. The molecule has 5 heteroatoms. The van der Waals surface area contributed by atoms with Crippen LogP contribution in [0.1, 0.15) is 30.0 Å². The van der Waals surface area contributed by atoms with E-state index < -0.39 is 10.9 Å². The maximum absolute atomic E-state index is 10.8. The zero-order valence-electron chi connectivity index (χ0n) is 9.30. The minimum atomic E-state index is -2.40. The number of nitrogens with zero attached hydrogens (tertiary/aromatic N) is 2. The Balaban J connectivity index is 2.07. The van der Waals surface area contributed by atoms with E-state index in [1.165, 1.54) is 9.87 Å². The summed E-state index contributed by atoms with van der Waals surface area (Å²) in [5, 5.41) is 0. The standard InChI is InChI=1S/C11H16N2O2S/c1-9-3-2-6-12-11(9)10-4-7-13(8-5-10)16(14)15/h2-3,6,10,16H,4-5,7-8H2,1H3. The highest BCUT2D eigenvalue weighted by molar-refractivity contribution is 7.69. The van der Waals surface area contributed by atoms with Gasteiger partial charge in [-0.2, -0.15) is 0 Å². The Morgan fingerprint density at radius 1 is 1.38 bits per heavy atom. The van der Waals surface area contributed by atoms with Gasteiger partial charge >= 0.3 is 0 Å². The van der Waals surface area contributed by atoms with Crippen molar-refractivity contribution in [1.82, 2.24) is 9.29 Å². The van der Waals surface area contributed by atoms with E-state index in [1.54, 1.807) is 0 Å². The van der Waals surface area contributed by atoms with E-state index in [-0.39, 0.29) is 0 Å². The van der Waals surface area contributed by atoms with Crippen LogP contribution in [-0.4, -0.2) is 30.8 Å². The average Bonchev–Trinajstić information content (AvgIpc) is 2.30. The van der Waals surface area contributed by atoms with Gasteiger partial charge in [0.1, 0.15) is 0 Å². The van der Waals surface area contributed by atoms with Crippen molar-refractivity contribution in [2.75, 3.05) is 13.1 Å². The van der Waals surface area contributed by atoms with Crippen molar-refractivity contribution >= 4 is 10.9 Å². The van der Waals surface area contributed by atoms with Crippen LogP contribution in [0.5, 0.6) is 0 Å². The quantitative estimate of drug-likeness (QED) is 0.787. The molecule has 0 unspecified atom stereocenters. The summed E-state index contributed by atoms with van der Waals surface area (Å²) in [5.74, 6) is 0.410. The highest BCUT2D eigenvalue weighted by Gasteiger charge is 2.23. The fourth-order valence-electron chi connectivity index (χ4n) is 2.23. The molecule has 1 saturated heterocycles. The van der Waals surface area contributed by atoms with Gasteiger partial charge in [-0.25, -0.2) is 12.7 Å². The molecule has 1 fully saturated rings.